The van der Waals surface area contributed by atoms with Crippen LogP contribution in [0.1, 0.15) is 25.3 Å². The average molecular weight is 368 g/mol. The molecule has 2 aromatic rings. The van der Waals surface area contributed by atoms with Crippen LogP contribution in [-0.4, -0.2) is 35.4 Å². The quantitative estimate of drug-likeness (QED) is 0.894. The van der Waals surface area contributed by atoms with Crippen LogP contribution in [0.4, 0.5) is 11.5 Å². The summed E-state index contributed by atoms with van der Waals surface area (Å²) in [5, 5.41) is 7.22. The molecular weight excluding hydrogens is 344 g/mol. The first-order valence-corrected chi connectivity index (χ1v) is 9.47. The second-order valence-corrected chi connectivity index (χ2v) is 7.33. The van der Waals surface area contributed by atoms with Crippen LogP contribution in [0.3, 0.4) is 0 Å². The number of nitrogens with one attached hydrogen (secondary N) is 1. The second-order valence-electron chi connectivity index (χ2n) is 7.33. The van der Waals surface area contributed by atoms with Crippen molar-refractivity contribution in [2.45, 2.75) is 32.7 Å². The van der Waals surface area contributed by atoms with Crippen molar-refractivity contribution in [3.8, 4) is 5.75 Å². The molecule has 2 aliphatic heterocycles. The molecule has 0 bridgehead atoms. The van der Waals surface area contributed by atoms with Gasteiger partial charge in [0, 0.05) is 37.3 Å². The number of carbonyl (C=O) groups is 1. The average Bonchev–Trinajstić information content (AvgIpc) is 3.12. The van der Waals surface area contributed by atoms with Gasteiger partial charge in [-0.3, -0.25) is 9.59 Å². The number of carbonyl (C=O) groups excluding carboxylic acids is 1. The lowest BCUT2D eigenvalue weighted by molar-refractivity contribution is -0.117. The fraction of sp³-hybridized carbons (Fsp3) is 0.450. The van der Waals surface area contributed by atoms with Crippen molar-refractivity contribution in [2.24, 2.45) is 5.92 Å². The highest BCUT2D eigenvalue weighted by atomic mass is 16.5. The molecule has 4 rings (SSSR count). The molecule has 1 aromatic heterocycles. The van der Waals surface area contributed by atoms with Crippen molar-refractivity contribution in [1.82, 2.24) is 9.78 Å². The number of rotatable bonds is 4. The molecule has 0 unspecified atom stereocenters. The third kappa shape index (κ3) is 3.97. The van der Waals surface area contributed by atoms with Gasteiger partial charge >= 0.3 is 0 Å². The SMILES string of the molecule is CC1CCN(c2ccc(=O)n(CC(=O)Nc3ccc4c(c3)OCC4)n2)CC1. The fourth-order valence-electron chi connectivity index (χ4n) is 3.54. The van der Waals surface area contributed by atoms with Crippen LogP contribution in [0.15, 0.2) is 35.1 Å². The summed E-state index contributed by atoms with van der Waals surface area (Å²) >= 11 is 0. The molecule has 7 nitrogen and oxygen atoms in total. The fourth-order valence-corrected chi connectivity index (χ4v) is 3.54. The Kier molecular flexibility index (Phi) is 4.83. The van der Waals surface area contributed by atoms with Gasteiger partial charge in [0.2, 0.25) is 5.91 Å². The molecular formula is C20H24N4O3. The van der Waals surface area contributed by atoms with Crippen molar-refractivity contribution in [1.29, 1.82) is 0 Å². The summed E-state index contributed by atoms with van der Waals surface area (Å²) in [6.45, 7) is 4.66. The zero-order valence-electron chi connectivity index (χ0n) is 15.5. The van der Waals surface area contributed by atoms with Crippen molar-refractivity contribution < 1.29 is 9.53 Å². The Morgan fingerprint density at radius 3 is 2.89 bits per heavy atom. The minimum atomic E-state index is -0.285. The van der Waals surface area contributed by atoms with E-state index in [1.165, 1.54) is 10.7 Å². The van der Waals surface area contributed by atoms with Crippen LogP contribution in [0.25, 0.3) is 0 Å². The first-order valence-electron chi connectivity index (χ1n) is 9.47. The van der Waals surface area contributed by atoms with Gasteiger partial charge in [0.05, 0.1) is 6.61 Å². The smallest absolute Gasteiger partial charge is 0.267 e. The van der Waals surface area contributed by atoms with Gasteiger partial charge in [-0.15, -0.1) is 0 Å². The monoisotopic (exact) mass is 368 g/mol. The Hall–Kier alpha value is -2.83. The minimum absolute atomic E-state index is 0.116. The lowest BCUT2D eigenvalue weighted by atomic mass is 9.99. The van der Waals surface area contributed by atoms with Gasteiger partial charge < -0.3 is 15.0 Å². The maximum Gasteiger partial charge on any atom is 0.267 e. The standard InChI is InChI=1S/C20H24N4O3/c1-14-6-9-23(10-7-14)18-4-5-20(26)24(22-18)13-19(25)21-16-3-2-15-8-11-27-17(15)12-16/h2-5,12,14H,6-11,13H2,1H3,(H,21,25). The number of anilines is 2. The van der Waals surface area contributed by atoms with Gasteiger partial charge in [-0.2, -0.15) is 5.10 Å². The largest absolute Gasteiger partial charge is 0.493 e. The van der Waals surface area contributed by atoms with Crippen molar-refractivity contribution in [2.75, 3.05) is 29.9 Å². The van der Waals surface area contributed by atoms with Crippen LogP contribution < -0.4 is 20.5 Å². The number of aromatic nitrogens is 2. The zero-order chi connectivity index (χ0) is 18.8. The zero-order valence-corrected chi connectivity index (χ0v) is 15.5. The number of hydrogen-bond donors (Lipinski definition) is 1. The minimum Gasteiger partial charge on any atom is -0.493 e. The number of fused-ring (bicyclic) bond motifs is 1. The van der Waals surface area contributed by atoms with E-state index in [1.54, 1.807) is 6.07 Å². The van der Waals surface area contributed by atoms with Crippen molar-refractivity contribution >= 4 is 17.4 Å². The summed E-state index contributed by atoms with van der Waals surface area (Å²) in [5.74, 6) is 1.99. The molecule has 27 heavy (non-hydrogen) atoms. The van der Waals surface area contributed by atoms with Crippen LogP contribution in [-0.2, 0) is 17.8 Å². The number of piperidine rings is 1. The van der Waals surface area contributed by atoms with E-state index in [1.807, 2.05) is 18.2 Å². The van der Waals surface area contributed by atoms with Gasteiger partial charge in [0.25, 0.3) is 5.56 Å². The predicted molar refractivity (Wildman–Crippen MR) is 103 cm³/mol. The normalized spacial score (nSPS) is 16.7. The third-order valence-corrected chi connectivity index (χ3v) is 5.23. The highest BCUT2D eigenvalue weighted by Gasteiger charge is 2.18. The number of amides is 1. The van der Waals surface area contributed by atoms with Crippen molar-refractivity contribution in [3.63, 3.8) is 0 Å². The first kappa shape index (κ1) is 17.6. The van der Waals surface area contributed by atoms with E-state index in [-0.39, 0.29) is 18.0 Å². The Balaban J connectivity index is 1.44. The van der Waals surface area contributed by atoms with Crippen LogP contribution in [0.5, 0.6) is 5.75 Å². The van der Waals surface area contributed by atoms with Gasteiger partial charge in [-0.25, -0.2) is 4.68 Å². The van der Waals surface area contributed by atoms with Crippen LogP contribution >= 0.6 is 0 Å². The van der Waals surface area contributed by atoms with Gasteiger partial charge in [0.1, 0.15) is 18.1 Å². The molecule has 2 aliphatic rings. The summed E-state index contributed by atoms with van der Waals surface area (Å²) in [5.41, 5.74) is 1.53. The highest BCUT2D eigenvalue weighted by molar-refractivity contribution is 5.90. The van der Waals surface area contributed by atoms with E-state index in [2.05, 4.69) is 22.2 Å². The molecule has 3 heterocycles. The Labute approximate surface area is 157 Å². The number of benzene rings is 1. The molecule has 1 saturated heterocycles. The van der Waals surface area contributed by atoms with Crippen molar-refractivity contribution in [3.05, 3.63) is 46.2 Å². The molecule has 0 aliphatic carbocycles. The van der Waals surface area contributed by atoms with E-state index in [9.17, 15) is 9.59 Å². The third-order valence-electron chi connectivity index (χ3n) is 5.23. The first-order chi connectivity index (χ1) is 13.1. The van der Waals surface area contributed by atoms with Crippen LogP contribution in [0.2, 0.25) is 0 Å². The molecule has 1 N–H and O–H groups in total. The molecule has 1 amide bonds. The molecule has 0 spiro atoms. The molecule has 7 heteroatoms. The van der Waals surface area contributed by atoms with Gasteiger partial charge in [-0.1, -0.05) is 13.0 Å². The number of ether oxygens (including phenoxy) is 1. The summed E-state index contributed by atoms with van der Waals surface area (Å²) < 4.78 is 6.75. The van der Waals surface area contributed by atoms with E-state index in [0.717, 1.165) is 49.5 Å². The second kappa shape index (κ2) is 7.42. The maximum absolute atomic E-state index is 12.4. The Morgan fingerprint density at radius 1 is 1.26 bits per heavy atom. The summed E-state index contributed by atoms with van der Waals surface area (Å²) in [6, 6.07) is 8.86. The Bertz CT molecular complexity index is 900. The van der Waals surface area contributed by atoms with Gasteiger partial charge in [-0.05, 0) is 36.5 Å². The molecule has 0 atom stereocenters. The molecule has 142 valence electrons. The van der Waals surface area contributed by atoms with E-state index in [0.29, 0.717) is 18.2 Å². The lowest BCUT2D eigenvalue weighted by Gasteiger charge is -2.31. The maximum atomic E-state index is 12.4. The highest BCUT2D eigenvalue weighted by Crippen LogP contribution is 2.28. The topological polar surface area (TPSA) is 76.5 Å². The summed E-state index contributed by atoms with van der Waals surface area (Å²) in [6.07, 6.45) is 3.12. The molecule has 0 radical (unpaired) electrons. The Morgan fingerprint density at radius 2 is 2.07 bits per heavy atom. The predicted octanol–water partition coefficient (Wildman–Crippen LogP) is 2.05. The van der Waals surface area contributed by atoms with E-state index < -0.39 is 0 Å². The molecule has 1 aromatic carbocycles. The molecule has 0 saturated carbocycles. The van der Waals surface area contributed by atoms with Gasteiger partial charge in [0.15, 0.2) is 0 Å². The number of hydrogen-bond acceptors (Lipinski definition) is 5. The van der Waals surface area contributed by atoms with E-state index >= 15 is 0 Å². The van der Waals surface area contributed by atoms with Crippen LogP contribution in [0, 0.1) is 5.92 Å². The van der Waals surface area contributed by atoms with E-state index in [4.69, 9.17) is 4.74 Å². The summed E-state index contributed by atoms with van der Waals surface area (Å²) in [4.78, 5) is 26.7. The lowest BCUT2D eigenvalue weighted by Crippen LogP contribution is -2.36. The number of nitrogens with zero attached hydrogens (tertiary/aromatic N) is 3. The summed E-state index contributed by atoms with van der Waals surface area (Å²) in [7, 11) is 0. The molecule has 1 fully saturated rings.